The Bertz CT molecular complexity index is 7850. The van der Waals surface area contributed by atoms with Gasteiger partial charge in [0, 0.05) is 140 Å². The molecule has 0 spiro atoms. The van der Waals surface area contributed by atoms with Gasteiger partial charge in [-0.3, -0.25) is 19.9 Å². The molecule has 9 aromatic carbocycles. The van der Waals surface area contributed by atoms with Crippen molar-refractivity contribution in [3.8, 4) is 79.1 Å². The van der Waals surface area contributed by atoms with Crippen molar-refractivity contribution in [2.45, 2.75) is 157 Å². The topological polar surface area (TPSA) is 180 Å². The van der Waals surface area contributed by atoms with E-state index in [0.29, 0.717) is 0 Å². The van der Waals surface area contributed by atoms with E-state index in [1.807, 2.05) is 128 Å². The molecular weight excluding hydrogens is 1690 g/mol. The predicted molar refractivity (Wildman–Crippen MR) is 576 cm³/mol. The number of hydrogen-bond donors (Lipinski definition) is 0. The predicted octanol–water partition coefficient (Wildman–Crippen LogP) is 31.5. The van der Waals surface area contributed by atoms with Crippen LogP contribution >= 0.6 is 0 Å². The van der Waals surface area contributed by atoms with Crippen LogP contribution in [0, 0.1) is 0 Å². The fourth-order valence-electron chi connectivity index (χ4n) is 16.2. The molecule has 0 amide bonds. The van der Waals surface area contributed by atoms with Crippen LogP contribution in [0.2, 0.25) is 0 Å². The van der Waals surface area contributed by atoms with Crippen LogP contribution in [0.4, 0.5) is 0 Å². The van der Waals surface area contributed by atoms with Crippen LogP contribution in [0.3, 0.4) is 0 Å². The van der Waals surface area contributed by atoms with E-state index in [2.05, 4.69) is 375 Å². The van der Waals surface area contributed by atoms with Gasteiger partial charge < -0.3 is 0 Å². The monoisotopic (exact) mass is 1800 g/mol. The van der Waals surface area contributed by atoms with Crippen LogP contribution < -0.4 is 0 Å². The van der Waals surface area contributed by atoms with Crippen LogP contribution in [0.25, 0.3) is 177 Å². The zero-order valence-electron chi connectivity index (χ0n) is 82.1. The van der Waals surface area contributed by atoms with Gasteiger partial charge in [-0.05, 0) is 125 Å². The van der Waals surface area contributed by atoms with Crippen molar-refractivity contribution in [2.24, 2.45) is 0 Å². The molecule has 0 bridgehead atoms. The van der Waals surface area contributed by atoms with Crippen molar-refractivity contribution in [2.75, 3.05) is 0 Å². The highest BCUT2D eigenvalue weighted by atomic mass is 14.9. The van der Waals surface area contributed by atoms with Crippen LogP contribution in [0.5, 0.6) is 0 Å². The molecule has 22 rings (SSSR count). The molecule has 0 unspecified atom stereocenters. The molecular formula is C124H116N14. The van der Waals surface area contributed by atoms with E-state index in [4.69, 9.17) is 49.8 Å². The van der Waals surface area contributed by atoms with Crippen LogP contribution in [-0.2, 0) is 32.5 Å². The summed E-state index contributed by atoms with van der Waals surface area (Å²) in [7, 11) is 0. The minimum absolute atomic E-state index is 0.00122. The minimum Gasteiger partial charge on any atom is -0.255 e. The molecule has 22 aromatic rings. The van der Waals surface area contributed by atoms with Gasteiger partial charge in [-0.25, -0.2) is 49.8 Å². The number of pyridine rings is 12. The maximum Gasteiger partial charge on any atom is 0.135 e. The van der Waals surface area contributed by atoms with Crippen molar-refractivity contribution >= 4 is 98.1 Å². The highest BCUT2D eigenvalue weighted by Gasteiger charge is 2.25. The van der Waals surface area contributed by atoms with E-state index in [0.717, 1.165) is 195 Å². The third kappa shape index (κ3) is 21.9. The highest BCUT2D eigenvalue weighted by Crippen LogP contribution is 2.38. The Morgan fingerprint density at radius 1 is 0.167 bits per heavy atom. The Kier molecular flexibility index (Phi) is 27.0. The molecule has 14 heteroatoms. The zero-order chi connectivity index (χ0) is 96.7. The lowest BCUT2D eigenvalue weighted by Gasteiger charge is -2.20. The summed E-state index contributed by atoms with van der Waals surface area (Å²) in [5, 5.41) is 10.1. The maximum absolute atomic E-state index is 5.04. The van der Waals surface area contributed by atoms with Gasteiger partial charge in [-0.1, -0.05) is 373 Å². The number of fused-ring (bicyclic) bond motifs is 13. The molecule has 0 saturated carbocycles. The second-order valence-electron chi connectivity index (χ2n) is 41.1. The molecule has 0 saturated heterocycles. The fraction of sp³-hybridized carbons (Fsp3) is 0.194. The zero-order valence-corrected chi connectivity index (χ0v) is 82.1. The molecule has 0 fully saturated rings. The van der Waals surface area contributed by atoms with E-state index in [-0.39, 0.29) is 32.5 Å². The largest absolute Gasteiger partial charge is 0.255 e. The van der Waals surface area contributed by atoms with Gasteiger partial charge in [0.15, 0.2) is 0 Å². The molecule has 14 nitrogen and oxygen atoms in total. The summed E-state index contributed by atoms with van der Waals surface area (Å²) >= 11 is 0. The summed E-state index contributed by atoms with van der Waals surface area (Å²) in [5.41, 5.74) is 28.5. The first-order valence-electron chi connectivity index (χ1n) is 47.3. The van der Waals surface area contributed by atoms with Crippen molar-refractivity contribution in [3.05, 3.63) is 411 Å². The molecule has 13 heterocycles. The first-order chi connectivity index (χ1) is 66.2. The van der Waals surface area contributed by atoms with Gasteiger partial charge in [-0.15, -0.1) is 0 Å². The average Bonchev–Trinajstić information content (AvgIpc) is 0.782. The second kappa shape index (κ2) is 39.6. The fourth-order valence-corrected chi connectivity index (χ4v) is 16.2. The highest BCUT2D eigenvalue weighted by molar-refractivity contribution is 6.07. The standard InChI is InChI=1S/C28H24N2.C22H20N2.C21H19N3.C19H19N3.C18H18N2.C16H16N2/c1-28(2,3)25-18-16-23-14-13-22-15-17-24(29-26(22)27(23)30-25)21-11-9-20(10-12-21)19-7-5-4-6-8-19;1-22(2,3)19-14-12-17-10-9-16-11-13-18(15-7-5-4-6-8-15)23-20(16)21(17)24-19;1-21(2,3)18-12-10-15-8-7-14-9-11-17(16-6-4-5-13-22-16)23-19(14)20(15)24-18;1-19(2,3)14-12-17(15-8-4-6-10-20-15)22-18(13-14)16-9-5-7-11-21-16;1-18(2,3)17-19-15-12-8-7-11-14(15)16(20-17)13-9-5-4-6-10-13;1-16(2,3)13-9-8-12-7-6-11-5-4-10-17-14(11)15(12)18-13/h4-18H,1-3H3;4-14H,1-3H3;4-13H,1-3H3;4-13H,1-3H3;4-12H,1-3H3;4-10H,1-3H3. The molecule has 0 aliphatic heterocycles. The van der Waals surface area contributed by atoms with Gasteiger partial charge in [0.1, 0.15) is 5.82 Å². The molecule has 138 heavy (non-hydrogen) atoms. The van der Waals surface area contributed by atoms with Crippen LogP contribution in [-0.4, -0.2) is 69.8 Å². The maximum atomic E-state index is 5.04. The van der Waals surface area contributed by atoms with Crippen molar-refractivity contribution < 1.29 is 0 Å². The lowest BCUT2D eigenvalue weighted by molar-refractivity contribution is 0.549. The Morgan fingerprint density at radius 3 is 0.848 bits per heavy atom. The van der Waals surface area contributed by atoms with Crippen LogP contribution in [0.15, 0.2) is 377 Å². The third-order valence-electron chi connectivity index (χ3n) is 24.2. The number of hydrogen-bond acceptors (Lipinski definition) is 14. The second-order valence-corrected chi connectivity index (χ2v) is 41.1. The smallest absolute Gasteiger partial charge is 0.135 e. The summed E-state index contributed by atoms with van der Waals surface area (Å²) in [4.78, 5) is 66.6. The summed E-state index contributed by atoms with van der Waals surface area (Å²) < 4.78 is 0. The summed E-state index contributed by atoms with van der Waals surface area (Å²) in [5.74, 6) is 0.884. The summed E-state index contributed by atoms with van der Waals surface area (Å²) in [6, 6.07) is 120. The quantitative estimate of drug-likeness (QED) is 0.137. The number of nitrogens with zero attached hydrogens (tertiary/aromatic N) is 14. The Balaban J connectivity index is 0.000000115. The van der Waals surface area contributed by atoms with Gasteiger partial charge in [-0.2, -0.15) is 0 Å². The van der Waals surface area contributed by atoms with E-state index in [1.165, 1.54) is 16.7 Å². The molecule has 13 aromatic heterocycles. The molecule has 682 valence electrons. The SMILES string of the molecule is CC(C)(C)c1cc(-c2ccccn2)nc(-c2ccccn2)c1.CC(C)(C)c1ccc2ccc3ccc(-c4ccc(-c5ccccc5)cc4)nc3c2n1.CC(C)(C)c1ccc2ccc3ccc(-c4ccccc4)nc3c2n1.CC(C)(C)c1ccc2ccc3ccc(-c4ccccn4)nc3c2n1.CC(C)(C)c1ccc2ccc3cccnc3c2n1.CC(C)(C)c1nc(-c2ccccc2)c2ccccc2n1. The summed E-state index contributed by atoms with van der Waals surface area (Å²) in [6.45, 7) is 39.3. The average molecular weight is 1800 g/mol. The first kappa shape index (κ1) is 94.0. The van der Waals surface area contributed by atoms with Crippen LogP contribution in [0.1, 0.15) is 159 Å². The first-order valence-corrected chi connectivity index (χ1v) is 47.3. The number of aromatic nitrogens is 14. The van der Waals surface area contributed by atoms with E-state index < -0.39 is 0 Å². The number of para-hydroxylation sites is 1. The van der Waals surface area contributed by atoms with Gasteiger partial charge in [0.25, 0.3) is 0 Å². The number of benzene rings is 9. The van der Waals surface area contributed by atoms with Crippen molar-refractivity contribution in [1.82, 2.24) is 69.8 Å². The normalized spacial score (nSPS) is 11.8. The molecule has 0 aliphatic rings. The Hall–Kier alpha value is -15.8. The lowest BCUT2D eigenvalue weighted by Crippen LogP contribution is -2.16. The Labute approximate surface area is 809 Å². The van der Waals surface area contributed by atoms with E-state index >= 15 is 0 Å². The minimum atomic E-state index is -0.0619. The van der Waals surface area contributed by atoms with Gasteiger partial charge in [0.05, 0.1) is 101 Å². The molecule has 0 aliphatic carbocycles. The molecule has 0 N–H and O–H groups in total. The van der Waals surface area contributed by atoms with Crippen molar-refractivity contribution in [3.63, 3.8) is 0 Å². The van der Waals surface area contributed by atoms with E-state index in [1.54, 1.807) is 18.6 Å². The third-order valence-corrected chi connectivity index (χ3v) is 24.2. The van der Waals surface area contributed by atoms with Crippen molar-refractivity contribution in [1.29, 1.82) is 0 Å². The molecule has 0 radical (unpaired) electrons. The molecule has 0 atom stereocenters. The number of rotatable bonds is 7. The lowest BCUT2D eigenvalue weighted by atomic mass is 9.86. The summed E-state index contributed by atoms with van der Waals surface area (Å²) in [6.07, 6.45) is 7.20. The van der Waals surface area contributed by atoms with Gasteiger partial charge in [0.2, 0.25) is 0 Å². The van der Waals surface area contributed by atoms with Gasteiger partial charge >= 0.3 is 0 Å². The Morgan fingerprint density at radius 2 is 0.464 bits per heavy atom. The van der Waals surface area contributed by atoms with E-state index in [9.17, 15) is 0 Å².